The SMILES string of the molecule is C[C@@H]1C(=CC=O)O[C@H]2CC(=O)N21. The molecule has 0 aromatic heterocycles. The Morgan fingerprint density at radius 3 is 2.92 bits per heavy atom. The summed E-state index contributed by atoms with van der Waals surface area (Å²) in [5, 5.41) is 0. The number of allylic oxidation sites excluding steroid dienone is 1. The summed E-state index contributed by atoms with van der Waals surface area (Å²) in [6, 6.07) is -0.0681. The first-order chi connectivity index (χ1) is 5.74. The van der Waals surface area contributed by atoms with E-state index < -0.39 is 0 Å². The molecule has 4 heteroatoms. The summed E-state index contributed by atoms with van der Waals surface area (Å²) in [6.45, 7) is 1.85. The van der Waals surface area contributed by atoms with Gasteiger partial charge in [0, 0.05) is 6.08 Å². The topological polar surface area (TPSA) is 46.6 Å². The highest BCUT2D eigenvalue weighted by molar-refractivity contribution is 5.84. The number of hydrogen-bond donors (Lipinski definition) is 0. The number of ether oxygens (including phenoxy) is 1. The Bertz CT molecular complexity index is 271. The molecule has 2 rings (SSSR count). The van der Waals surface area contributed by atoms with Crippen molar-refractivity contribution in [2.24, 2.45) is 0 Å². The minimum absolute atomic E-state index is 0.0681. The minimum atomic E-state index is -0.112. The maximum absolute atomic E-state index is 11.0. The molecule has 0 unspecified atom stereocenters. The molecule has 0 saturated carbocycles. The van der Waals surface area contributed by atoms with Gasteiger partial charge < -0.3 is 4.74 Å². The highest BCUT2D eigenvalue weighted by atomic mass is 16.5. The van der Waals surface area contributed by atoms with Gasteiger partial charge in [-0.1, -0.05) is 0 Å². The molecule has 0 N–H and O–H groups in total. The third-order valence-electron chi connectivity index (χ3n) is 2.28. The van der Waals surface area contributed by atoms with Gasteiger partial charge in [0.15, 0.2) is 6.23 Å². The Morgan fingerprint density at radius 1 is 1.67 bits per heavy atom. The number of carbonyl (C=O) groups is 2. The molecular formula is C8H9NO3. The van der Waals surface area contributed by atoms with Crippen LogP contribution in [0.5, 0.6) is 0 Å². The first-order valence-electron chi connectivity index (χ1n) is 3.87. The lowest BCUT2D eigenvalue weighted by atomic mass is 10.1. The van der Waals surface area contributed by atoms with Crippen molar-refractivity contribution in [3.63, 3.8) is 0 Å². The van der Waals surface area contributed by atoms with Crippen LogP contribution in [0.25, 0.3) is 0 Å². The Kier molecular flexibility index (Phi) is 1.43. The zero-order chi connectivity index (χ0) is 8.72. The molecule has 64 valence electrons. The lowest BCUT2D eigenvalue weighted by molar-refractivity contribution is -0.156. The maximum Gasteiger partial charge on any atom is 0.231 e. The number of fused-ring (bicyclic) bond motifs is 1. The van der Waals surface area contributed by atoms with Crippen LogP contribution in [0.3, 0.4) is 0 Å². The van der Waals surface area contributed by atoms with E-state index in [1.165, 1.54) is 6.08 Å². The number of aldehydes is 1. The van der Waals surface area contributed by atoms with E-state index in [4.69, 9.17) is 4.74 Å². The third-order valence-corrected chi connectivity index (χ3v) is 2.28. The zero-order valence-corrected chi connectivity index (χ0v) is 6.69. The van der Waals surface area contributed by atoms with Gasteiger partial charge in [-0.25, -0.2) is 0 Å². The summed E-state index contributed by atoms with van der Waals surface area (Å²) < 4.78 is 5.32. The van der Waals surface area contributed by atoms with Gasteiger partial charge in [-0.3, -0.25) is 14.5 Å². The standard InChI is InChI=1S/C8H9NO3/c1-5-6(2-3-10)12-8-4-7(11)9(5)8/h2-3,5,8H,4H2,1H3/t5-,8+/m1/s1. The van der Waals surface area contributed by atoms with Gasteiger partial charge in [0.05, 0.1) is 12.5 Å². The van der Waals surface area contributed by atoms with E-state index in [0.29, 0.717) is 18.5 Å². The summed E-state index contributed by atoms with van der Waals surface area (Å²) in [4.78, 5) is 22.8. The number of carbonyl (C=O) groups excluding carboxylic acids is 2. The Labute approximate surface area is 69.8 Å². The zero-order valence-electron chi connectivity index (χ0n) is 6.69. The third kappa shape index (κ3) is 0.776. The first kappa shape index (κ1) is 7.34. The smallest absolute Gasteiger partial charge is 0.231 e. The van der Waals surface area contributed by atoms with Crippen LogP contribution in [-0.4, -0.2) is 29.4 Å². The highest BCUT2D eigenvalue weighted by Gasteiger charge is 2.48. The normalized spacial score (nSPS) is 35.9. The Morgan fingerprint density at radius 2 is 2.42 bits per heavy atom. The van der Waals surface area contributed by atoms with Crippen LogP contribution < -0.4 is 0 Å². The molecule has 2 fully saturated rings. The van der Waals surface area contributed by atoms with E-state index in [1.54, 1.807) is 4.90 Å². The van der Waals surface area contributed by atoms with Crippen LogP contribution in [0, 0.1) is 0 Å². The average Bonchev–Trinajstić information content (AvgIpc) is 2.24. The fraction of sp³-hybridized carbons (Fsp3) is 0.500. The first-order valence-corrected chi connectivity index (χ1v) is 3.87. The minimum Gasteiger partial charge on any atom is -0.472 e. The molecule has 0 radical (unpaired) electrons. The van der Waals surface area contributed by atoms with E-state index in [9.17, 15) is 9.59 Å². The van der Waals surface area contributed by atoms with Crippen molar-refractivity contribution >= 4 is 12.2 Å². The highest BCUT2D eigenvalue weighted by Crippen LogP contribution is 2.35. The molecule has 4 nitrogen and oxygen atoms in total. The van der Waals surface area contributed by atoms with Crippen LogP contribution >= 0.6 is 0 Å². The van der Waals surface area contributed by atoms with Crippen molar-refractivity contribution in [2.75, 3.05) is 0 Å². The molecule has 2 aliphatic rings. The van der Waals surface area contributed by atoms with Crippen molar-refractivity contribution in [1.29, 1.82) is 0 Å². The predicted octanol–water partition coefficient (Wildman–Crippen LogP) is 0.0463. The summed E-state index contributed by atoms with van der Waals surface area (Å²) >= 11 is 0. The van der Waals surface area contributed by atoms with E-state index in [-0.39, 0.29) is 18.2 Å². The number of nitrogens with zero attached hydrogens (tertiary/aromatic N) is 1. The van der Waals surface area contributed by atoms with E-state index in [2.05, 4.69) is 0 Å². The van der Waals surface area contributed by atoms with Crippen molar-refractivity contribution in [3.8, 4) is 0 Å². The lowest BCUT2D eigenvalue weighted by Crippen LogP contribution is -2.51. The van der Waals surface area contributed by atoms with Crippen LogP contribution in [0.4, 0.5) is 0 Å². The van der Waals surface area contributed by atoms with Gasteiger partial charge in [0.25, 0.3) is 0 Å². The van der Waals surface area contributed by atoms with Crippen LogP contribution in [0.2, 0.25) is 0 Å². The Hall–Kier alpha value is -1.32. The van der Waals surface area contributed by atoms with Crippen LogP contribution in [0.15, 0.2) is 11.8 Å². The quantitative estimate of drug-likeness (QED) is 0.315. The van der Waals surface area contributed by atoms with Crippen molar-refractivity contribution < 1.29 is 14.3 Å². The molecule has 0 aromatic rings. The number of β-lactam (4-membered cyclic amide) rings is 1. The summed E-state index contributed by atoms with van der Waals surface area (Å²) in [5.74, 6) is 0.697. The molecular weight excluding hydrogens is 158 g/mol. The number of hydrogen-bond acceptors (Lipinski definition) is 3. The van der Waals surface area contributed by atoms with Crippen LogP contribution in [-0.2, 0) is 14.3 Å². The molecule has 2 aliphatic heterocycles. The monoisotopic (exact) mass is 167 g/mol. The van der Waals surface area contributed by atoms with Gasteiger partial charge in [0.1, 0.15) is 12.0 Å². The van der Waals surface area contributed by atoms with Gasteiger partial charge >= 0.3 is 0 Å². The van der Waals surface area contributed by atoms with Crippen molar-refractivity contribution in [2.45, 2.75) is 25.6 Å². The van der Waals surface area contributed by atoms with Crippen molar-refractivity contribution in [3.05, 3.63) is 11.8 Å². The lowest BCUT2D eigenvalue weighted by Gasteiger charge is -2.33. The largest absolute Gasteiger partial charge is 0.472 e. The fourth-order valence-corrected chi connectivity index (χ4v) is 1.60. The van der Waals surface area contributed by atoms with Crippen molar-refractivity contribution in [1.82, 2.24) is 4.90 Å². The van der Waals surface area contributed by atoms with Gasteiger partial charge in [-0.15, -0.1) is 0 Å². The second kappa shape index (κ2) is 2.33. The molecule has 12 heavy (non-hydrogen) atoms. The summed E-state index contributed by atoms with van der Waals surface area (Å²) in [6.07, 6.45) is 2.39. The van der Waals surface area contributed by atoms with Gasteiger partial charge in [-0.05, 0) is 6.92 Å². The maximum atomic E-state index is 11.0. The average molecular weight is 167 g/mol. The molecule has 2 atom stereocenters. The van der Waals surface area contributed by atoms with Gasteiger partial charge in [-0.2, -0.15) is 0 Å². The molecule has 1 amide bonds. The molecule has 0 aromatic carbocycles. The molecule has 0 bridgehead atoms. The summed E-state index contributed by atoms with van der Waals surface area (Å²) in [7, 11) is 0. The van der Waals surface area contributed by atoms with Gasteiger partial charge in [0.2, 0.25) is 5.91 Å². The number of rotatable bonds is 1. The van der Waals surface area contributed by atoms with E-state index in [1.807, 2.05) is 6.92 Å². The van der Waals surface area contributed by atoms with Crippen LogP contribution in [0.1, 0.15) is 13.3 Å². The number of amides is 1. The second-order valence-electron chi connectivity index (χ2n) is 2.96. The Balaban J connectivity index is 2.20. The molecule has 0 aliphatic carbocycles. The summed E-state index contributed by atoms with van der Waals surface area (Å²) in [5.41, 5.74) is 0. The fourth-order valence-electron chi connectivity index (χ4n) is 1.60. The molecule has 0 spiro atoms. The molecule has 2 saturated heterocycles. The second-order valence-corrected chi connectivity index (χ2v) is 2.96. The van der Waals surface area contributed by atoms with E-state index >= 15 is 0 Å². The molecule has 2 heterocycles. The predicted molar refractivity (Wildman–Crippen MR) is 39.9 cm³/mol. The van der Waals surface area contributed by atoms with E-state index in [0.717, 1.165) is 0 Å².